The molecule has 0 fully saturated rings. The predicted octanol–water partition coefficient (Wildman–Crippen LogP) is 6.79. The molecule has 0 bridgehead atoms. The quantitative estimate of drug-likeness (QED) is 0.311. The zero-order valence-corrected chi connectivity index (χ0v) is 16.4. The van der Waals surface area contributed by atoms with Crippen molar-refractivity contribution < 1.29 is 4.79 Å². The van der Waals surface area contributed by atoms with Crippen molar-refractivity contribution in [2.24, 2.45) is 5.92 Å². The van der Waals surface area contributed by atoms with Crippen molar-refractivity contribution in [3.63, 3.8) is 0 Å². The molecule has 2 nitrogen and oxygen atoms in total. The van der Waals surface area contributed by atoms with Gasteiger partial charge in [0, 0.05) is 6.42 Å². The zero-order chi connectivity index (χ0) is 17.3. The first-order valence-electron chi connectivity index (χ1n) is 10.1. The second-order valence-electron chi connectivity index (χ2n) is 7.72. The number of carbonyl (C=O) groups excluding carboxylic acids is 1. The highest BCUT2D eigenvalue weighted by Gasteiger charge is 2.02. The van der Waals surface area contributed by atoms with Crippen LogP contribution >= 0.6 is 0 Å². The van der Waals surface area contributed by atoms with E-state index in [0.29, 0.717) is 6.42 Å². The predicted molar refractivity (Wildman–Crippen MR) is 102 cm³/mol. The Hall–Kier alpha value is -0.530. The fourth-order valence-corrected chi connectivity index (χ4v) is 2.95. The molecule has 0 aliphatic heterocycles. The van der Waals surface area contributed by atoms with E-state index in [2.05, 4.69) is 19.2 Å². The molecule has 0 saturated carbocycles. The molecule has 1 N–H and O–H groups in total. The molecule has 0 aliphatic carbocycles. The van der Waals surface area contributed by atoms with Gasteiger partial charge >= 0.3 is 0 Å². The van der Waals surface area contributed by atoms with Gasteiger partial charge in [-0.05, 0) is 26.2 Å². The van der Waals surface area contributed by atoms with Gasteiger partial charge in [0.2, 0.25) is 5.91 Å². The standard InChI is InChI=1S/C21H42NO/c1-19(2)17-15-13-11-9-7-5-6-8-10-12-14-16-18-21(23)22-20(3)4/h19H,5-18H2,1-4H3,(H,22,23). The first-order chi connectivity index (χ1) is 11.0. The smallest absolute Gasteiger partial charge is 0.220 e. The van der Waals surface area contributed by atoms with Gasteiger partial charge in [0.05, 0.1) is 6.04 Å². The fraction of sp³-hybridized carbons (Fsp3) is 0.905. The van der Waals surface area contributed by atoms with Crippen LogP contribution in [0.25, 0.3) is 0 Å². The number of hydrogen-bond acceptors (Lipinski definition) is 1. The fourth-order valence-electron chi connectivity index (χ4n) is 2.95. The van der Waals surface area contributed by atoms with Crippen molar-refractivity contribution >= 4 is 5.91 Å². The molecule has 0 rings (SSSR count). The van der Waals surface area contributed by atoms with Gasteiger partial charge in [-0.2, -0.15) is 0 Å². The molecule has 0 aromatic carbocycles. The monoisotopic (exact) mass is 324 g/mol. The highest BCUT2D eigenvalue weighted by atomic mass is 16.1. The first kappa shape index (κ1) is 22.5. The Morgan fingerprint density at radius 1 is 0.696 bits per heavy atom. The Morgan fingerprint density at radius 2 is 1.09 bits per heavy atom. The number of carbonyl (C=O) groups is 1. The van der Waals surface area contributed by atoms with E-state index in [-0.39, 0.29) is 5.91 Å². The maximum absolute atomic E-state index is 11.5. The van der Waals surface area contributed by atoms with E-state index in [1.807, 2.05) is 13.8 Å². The Kier molecular flexibility index (Phi) is 16.0. The number of nitrogens with one attached hydrogen (secondary N) is 1. The summed E-state index contributed by atoms with van der Waals surface area (Å²) in [5.41, 5.74) is 0. The van der Waals surface area contributed by atoms with Crippen molar-refractivity contribution in [1.29, 1.82) is 0 Å². The lowest BCUT2D eigenvalue weighted by Crippen LogP contribution is -2.24. The van der Waals surface area contributed by atoms with E-state index in [0.717, 1.165) is 18.4 Å². The van der Waals surface area contributed by atoms with Gasteiger partial charge in [0.15, 0.2) is 0 Å². The maximum atomic E-state index is 11.5. The van der Waals surface area contributed by atoms with Crippen LogP contribution < -0.4 is 5.32 Å². The van der Waals surface area contributed by atoms with Crippen LogP contribution in [-0.4, -0.2) is 5.91 Å². The summed E-state index contributed by atoms with van der Waals surface area (Å²) in [6, 6.07) is 0.995. The topological polar surface area (TPSA) is 29.1 Å². The molecule has 137 valence electrons. The largest absolute Gasteiger partial charge is 0.349 e. The van der Waals surface area contributed by atoms with Crippen LogP contribution in [0.1, 0.15) is 118 Å². The molecular formula is C21H42NO. The lowest BCUT2D eigenvalue weighted by Gasteiger charge is -2.07. The highest BCUT2D eigenvalue weighted by Crippen LogP contribution is 2.14. The minimum Gasteiger partial charge on any atom is -0.349 e. The van der Waals surface area contributed by atoms with Crippen molar-refractivity contribution in [2.45, 2.75) is 118 Å². The lowest BCUT2D eigenvalue weighted by atomic mass is 10.0. The molecule has 0 unspecified atom stereocenters. The van der Waals surface area contributed by atoms with Gasteiger partial charge < -0.3 is 5.32 Å². The summed E-state index contributed by atoms with van der Waals surface area (Å²) < 4.78 is 0. The molecule has 0 aromatic heterocycles. The molecular weight excluding hydrogens is 282 g/mol. The number of rotatable bonds is 16. The van der Waals surface area contributed by atoms with Crippen LogP contribution in [0.15, 0.2) is 0 Å². The molecule has 2 heteroatoms. The van der Waals surface area contributed by atoms with E-state index in [1.165, 1.54) is 77.0 Å². The third-order valence-electron chi connectivity index (χ3n) is 4.32. The first-order valence-corrected chi connectivity index (χ1v) is 10.1. The SMILES string of the molecule is C[C](C)NC(=O)CCCCCCCCCCCCCCC(C)C. The average molecular weight is 325 g/mol. The molecule has 23 heavy (non-hydrogen) atoms. The lowest BCUT2D eigenvalue weighted by molar-refractivity contribution is -0.120. The Bertz CT molecular complexity index is 261. The molecule has 0 heterocycles. The summed E-state index contributed by atoms with van der Waals surface area (Å²) in [6.07, 6.45) is 18.3. The number of hydrogen-bond donors (Lipinski definition) is 1. The van der Waals surface area contributed by atoms with E-state index < -0.39 is 0 Å². The Balaban J connectivity index is 3.09. The van der Waals surface area contributed by atoms with Crippen LogP contribution in [0.2, 0.25) is 0 Å². The van der Waals surface area contributed by atoms with Crippen molar-refractivity contribution in [1.82, 2.24) is 5.32 Å². The van der Waals surface area contributed by atoms with Crippen LogP contribution in [-0.2, 0) is 4.79 Å². The van der Waals surface area contributed by atoms with Crippen molar-refractivity contribution in [2.75, 3.05) is 0 Å². The molecule has 0 aliphatic rings. The van der Waals surface area contributed by atoms with Gasteiger partial charge in [-0.15, -0.1) is 0 Å². The third-order valence-corrected chi connectivity index (χ3v) is 4.32. The molecule has 0 saturated heterocycles. The van der Waals surface area contributed by atoms with Gasteiger partial charge in [-0.1, -0.05) is 90.9 Å². The molecule has 0 atom stereocenters. The summed E-state index contributed by atoms with van der Waals surface area (Å²) in [5.74, 6) is 1.05. The average Bonchev–Trinajstić information content (AvgIpc) is 2.46. The van der Waals surface area contributed by atoms with Gasteiger partial charge in [-0.25, -0.2) is 0 Å². The van der Waals surface area contributed by atoms with Crippen LogP contribution in [0.5, 0.6) is 0 Å². The molecule has 0 spiro atoms. The third kappa shape index (κ3) is 19.4. The maximum Gasteiger partial charge on any atom is 0.220 e. The van der Waals surface area contributed by atoms with Crippen molar-refractivity contribution in [3.8, 4) is 0 Å². The van der Waals surface area contributed by atoms with Gasteiger partial charge in [-0.3, -0.25) is 4.79 Å². The minimum atomic E-state index is 0.179. The van der Waals surface area contributed by atoms with Crippen LogP contribution in [0.4, 0.5) is 0 Å². The Morgan fingerprint density at radius 3 is 1.48 bits per heavy atom. The summed E-state index contributed by atoms with van der Waals surface area (Å²) >= 11 is 0. The van der Waals surface area contributed by atoms with Crippen LogP contribution in [0.3, 0.4) is 0 Å². The second-order valence-corrected chi connectivity index (χ2v) is 7.72. The van der Waals surface area contributed by atoms with Crippen LogP contribution in [0, 0.1) is 12.0 Å². The molecule has 1 amide bonds. The van der Waals surface area contributed by atoms with E-state index in [1.54, 1.807) is 0 Å². The summed E-state index contributed by atoms with van der Waals surface area (Å²) in [6.45, 7) is 8.51. The Labute approximate surface area is 146 Å². The van der Waals surface area contributed by atoms with E-state index in [9.17, 15) is 4.79 Å². The minimum absolute atomic E-state index is 0.179. The number of amides is 1. The van der Waals surface area contributed by atoms with Gasteiger partial charge in [0.25, 0.3) is 0 Å². The zero-order valence-electron chi connectivity index (χ0n) is 16.4. The molecule has 1 radical (unpaired) electrons. The highest BCUT2D eigenvalue weighted by molar-refractivity contribution is 5.76. The normalized spacial score (nSPS) is 11.4. The van der Waals surface area contributed by atoms with Crippen molar-refractivity contribution in [3.05, 3.63) is 6.04 Å². The summed E-state index contributed by atoms with van der Waals surface area (Å²) in [4.78, 5) is 11.5. The van der Waals surface area contributed by atoms with E-state index in [4.69, 9.17) is 0 Å². The summed E-state index contributed by atoms with van der Waals surface area (Å²) in [7, 11) is 0. The van der Waals surface area contributed by atoms with E-state index >= 15 is 0 Å². The number of unbranched alkanes of at least 4 members (excludes halogenated alkanes) is 11. The second kappa shape index (κ2) is 16.3. The molecule has 0 aromatic rings. The van der Waals surface area contributed by atoms with Gasteiger partial charge in [0.1, 0.15) is 0 Å². The summed E-state index contributed by atoms with van der Waals surface area (Å²) in [5, 5.41) is 2.87.